The highest BCUT2D eigenvalue weighted by atomic mass is 16.5. The van der Waals surface area contributed by atoms with Gasteiger partial charge in [0.05, 0.1) is 28.4 Å². The summed E-state index contributed by atoms with van der Waals surface area (Å²) in [7, 11) is 6.35. The zero-order valence-corrected chi connectivity index (χ0v) is 16.9. The summed E-state index contributed by atoms with van der Waals surface area (Å²) in [4.78, 5) is 0. The van der Waals surface area contributed by atoms with Gasteiger partial charge in [0.25, 0.3) is 0 Å². The largest absolute Gasteiger partial charge is 0.504 e. The molecule has 0 unspecified atom stereocenters. The molecule has 150 valence electrons. The second-order valence-electron chi connectivity index (χ2n) is 6.13. The third-order valence-corrected chi connectivity index (χ3v) is 4.25. The van der Waals surface area contributed by atoms with Crippen LogP contribution in [0.3, 0.4) is 0 Å². The Hall–Kier alpha value is -3.08. The number of ether oxygens (including phenoxy) is 4. The Kier molecular flexibility index (Phi) is 8.28. The SMILES string of the molecule is COc1ccc(/C=C/CCC/C=C/c2cc(OC)c(OC)c(OC)c2)cc1O. The van der Waals surface area contributed by atoms with Crippen LogP contribution in [0.25, 0.3) is 12.2 Å². The second kappa shape index (κ2) is 10.9. The molecule has 0 aliphatic heterocycles. The van der Waals surface area contributed by atoms with Gasteiger partial charge in [0.2, 0.25) is 5.75 Å². The third kappa shape index (κ3) is 5.71. The number of unbranched alkanes of at least 4 members (excludes halogenated alkanes) is 2. The highest BCUT2D eigenvalue weighted by molar-refractivity contribution is 5.62. The van der Waals surface area contributed by atoms with Crippen LogP contribution < -0.4 is 18.9 Å². The van der Waals surface area contributed by atoms with E-state index in [-0.39, 0.29) is 5.75 Å². The molecule has 2 aromatic rings. The lowest BCUT2D eigenvalue weighted by Crippen LogP contribution is -1.95. The van der Waals surface area contributed by atoms with E-state index in [0.29, 0.717) is 23.0 Å². The monoisotopic (exact) mass is 384 g/mol. The molecule has 0 radical (unpaired) electrons. The first-order valence-corrected chi connectivity index (χ1v) is 9.13. The van der Waals surface area contributed by atoms with Crippen LogP contribution in [-0.2, 0) is 0 Å². The maximum absolute atomic E-state index is 9.79. The van der Waals surface area contributed by atoms with Crippen molar-refractivity contribution >= 4 is 12.2 Å². The molecular formula is C23H28O5. The number of rotatable bonds is 10. The summed E-state index contributed by atoms with van der Waals surface area (Å²) in [6.07, 6.45) is 11.2. The van der Waals surface area contributed by atoms with Gasteiger partial charge in [-0.05, 0) is 54.7 Å². The predicted molar refractivity (Wildman–Crippen MR) is 113 cm³/mol. The molecule has 0 saturated heterocycles. The van der Waals surface area contributed by atoms with E-state index >= 15 is 0 Å². The molecule has 0 bridgehead atoms. The minimum atomic E-state index is 0.151. The van der Waals surface area contributed by atoms with Crippen LogP contribution in [0.2, 0.25) is 0 Å². The number of aromatic hydroxyl groups is 1. The van der Waals surface area contributed by atoms with E-state index in [9.17, 15) is 5.11 Å². The van der Waals surface area contributed by atoms with Crippen molar-refractivity contribution in [3.8, 4) is 28.7 Å². The van der Waals surface area contributed by atoms with E-state index in [0.717, 1.165) is 30.4 Å². The molecule has 0 fully saturated rings. The van der Waals surface area contributed by atoms with E-state index in [2.05, 4.69) is 18.2 Å². The molecule has 5 nitrogen and oxygen atoms in total. The first kappa shape index (κ1) is 21.2. The number of allylic oxidation sites excluding steroid dienone is 2. The smallest absolute Gasteiger partial charge is 0.203 e. The Bertz CT molecular complexity index is 799. The zero-order chi connectivity index (χ0) is 20.4. The number of methoxy groups -OCH3 is 4. The van der Waals surface area contributed by atoms with Crippen LogP contribution in [0.15, 0.2) is 42.5 Å². The number of phenolic OH excluding ortho intramolecular Hbond substituents is 1. The van der Waals surface area contributed by atoms with Crippen LogP contribution in [0, 0.1) is 0 Å². The average Bonchev–Trinajstić information content (AvgIpc) is 2.72. The number of hydrogen-bond donors (Lipinski definition) is 1. The summed E-state index contributed by atoms with van der Waals surface area (Å²) in [6.45, 7) is 0. The Morgan fingerprint density at radius 3 is 1.79 bits per heavy atom. The molecule has 0 atom stereocenters. The Morgan fingerprint density at radius 1 is 0.714 bits per heavy atom. The molecule has 2 aromatic carbocycles. The summed E-state index contributed by atoms with van der Waals surface area (Å²) in [5.74, 6) is 2.52. The van der Waals surface area contributed by atoms with Gasteiger partial charge in [0.15, 0.2) is 23.0 Å². The molecule has 28 heavy (non-hydrogen) atoms. The quantitative estimate of drug-likeness (QED) is 0.562. The van der Waals surface area contributed by atoms with Gasteiger partial charge in [-0.15, -0.1) is 0 Å². The fourth-order valence-corrected chi connectivity index (χ4v) is 2.80. The van der Waals surface area contributed by atoms with Crippen molar-refractivity contribution < 1.29 is 24.1 Å². The topological polar surface area (TPSA) is 57.2 Å². The minimum Gasteiger partial charge on any atom is -0.504 e. The van der Waals surface area contributed by atoms with Gasteiger partial charge >= 0.3 is 0 Å². The molecule has 0 heterocycles. The highest BCUT2D eigenvalue weighted by Crippen LogP contribution is 2.38. The molecule has 0 spiro atoms. The van der Waals surface area contributed by atoms with Crippen LogP contribution in [-0.4, -0.2) is 33.5 Å². The van der Waals surface area contributed by atoms with Crippen LogP contribution >= 0.6 is 0 Å². The molecule has 1 N–H and O–H groups in total. The molecule has 0 aromatic heterocycles. The van der Waals surface area contributed by atoms with Gasteiger partial charge in [-0.2, -0.15) is 0 Å². The normalized spacial score (nSPS) is 11.1. The van der Waals surface area contributed by atoms with Gasteiger partial charge in [-0.25, -0.2) is 0 Å². The number of hydrogen-bond acceptors (Lipinski definition) is 5. The fourth-order valence-electron chi connectivity index (χ4n) is 2.80. The summed E-state index contributed by atoms with van der Waals surface area (Å²) in [6, 6.07) is 9.22. The predicted octanol–water partition coefficient (Wildman–Crippen LogP) is 5.32. The first-order chi connectivity index (χ1) is 13.6. The fraction of sp³-hybridized carbons (Fsp3) is 0.304. The van der Waals surface area contributed by atoms with Crippen LogP contribution in [0.5, 0.6) is 28.7 Å². The third-order valence-electron chi connectivity index (χ3n) is 4.25. The van der Waals surface area contributed by atoms with Crippen LogP contribution in [0.1, 0.15) is 30.4 Å². The van der Waals surface area contributed by atoms with Crippen molar-refractivity contribution in [3.63, 3.8) is 0 Å². The molecular weight excluding hydrogens is 356 g/mol. The van der Waals surface area contributed by atoms with Gasteiger partial charge in [-0.1, -0.05) is 30.4 Å². The molecule has 0 saturated carbocycles. The van der Waals surface area contributed by atoms with E-state index in [4.69, 9.17) is 18.9 Å². The van der Waals surface area contributed by atoms with E-state index in [1.54, 1.807) is 33.5 Å². The van der Waals surface area contributed by atoms with E-state index < -0.39 is 0 Å². The highest BCUT2D eigenvalue weighted by Gasteiger charge is 2.11. The maximum Gasteiger partial charge on any atom is 0.203 e. The van der Waals surface area contributed by atoms with Gasteiger partial charge in [-0.3, -0.25) is 0 Å². The lowest BCUT2D eigenvalue weighted by molar-refractivity contribution is 0.324. The van der Waals surface area contributed by atoms with Gasteiger partial charge < -0.3 is 24.1 Å². The standard InChI is InChI=1S/C23H28O5/c1-25-20-13-12-17(14-19(20)24)10-8-6-5-7-9-11-18-15-21(26-2)23(28-4)22(16-18)27-3/h8-16,24H,5-7H2,1-4H3/b10-8+,11-9+. The van der Waals surface area contributed by atoms with Crippen molar-refractivity contribution in [2.45, 2.75) is 19.3 Å². The summed E-state index contributed by atoms with van der Waals surface area (Å²) in [5.41, 5.74) is 1.95. The van der Waals surface area contributed by atoms with Crippen molar-refractivity contribution in [1.29, 1.82) is 0 Å². The molecule has 2 rings (SSSR count). The zero-order valence-electron chi connectivity index (χ0n) is 16.9. The number of phenols is 1. The molecule has 0 aliphatic carbocycles. The van der Waals surface area contributed by atoms with Gasteiger partial charge in [0.1, 0.15) is 0 Å². The first-order valence-electron chi connectivity index (χ1n) is 9.13. The van der Waals surface area contributed by atoms with Crippen LogP contribution in [0.4, 0.5) is 0 Å². The van der Waals surface area contributed by atoms with E-state index in [1.165, 1.54) is 7.11 Å². The Balaban J connectivity index is 1.86. The molecule has 0 aliphatic rings. The molecule has 0 amide bonds. The number of benzene rings is 2. The Labute approximate surface area is 166 Å². The van der Waals surface area contributed by atoms with Crippen molar-refractivity contribution in [1.82, 2.24) is 0 Å². The second-order valence-corrected chi connectivity index (χ2v) is 6.13. The summed E-state index contributed by atoms with van der Waals surface area (Å²) in [5, 5.41) is 9.79. The Morgan fingerprint density at radius 2 is 1.29 bits per heavy atom. The summed E-state index contributed by atoms with van der Waals surface area (Å²) >= 11 is 0. The average molecular weight is 384 g/mol. The molecule has 5 heteroatoms. The summed E-state index contributed by atoms with van der Waals surface area (Å²) < 4.78 is 21.1. The maximum atomic E-state index is 9.79. The lowest BCUT2D eigenvalue weighted by atomic mass is 10.1. The van der Waals surface area contributed by atoms with Crippen molar-refractivity contribution in [2.75, 3.05) is 28.4 Å². The minimum absolute atomic E-state index is 0.151. The van der Waals surface area contributed by atoms with Crippen molar-refractivity contribution in [3.05, 3.63) is 53.6 Å². The van der Waals surface area contributed by atoms with Gasteiger partial charge in [0, 0.05) is 0 Å². The van der Waals surface area contributed by atoms with Crippen molar-refractivity contribution in [2.24, 2.45) is 0 Å². The lowest BCUT2D eigenvalue weighted by Gasteiger charge is -2.12. The van der Waals surface area contributed by atoms with E-state index in [1.807, 2.05) is 24.3 Å².